The highest BCUT2D eigenvalue weighted by Crippen LogP contribution is 2.23. The second kappa shape index (κ2) is 7.28. The van der Waals surface area contributed by atoms with Crippen LogP contribution in [0.4, 0.5) is 0 Å². The van der Waals surface area contributed by atoms with Crippen LogP contribution in [0.15, 0.2) is 67.0 Å². The highest BCUT2D eigenvalue weighted by atomic mass is 16.7. The number of amides is 2. The number of carbonyl (C=O) groups is 3. The van der Waals surface area contributed by atoms with Crippen molar-refractivity contribution in [2.75, 3.05) is 0 Å². The van der Waals surface area contributed by atoms with Gasteiger partial charge in [-0.05, 0) is 17.7 Å². The van der Waals surface area contributed by atoms with Crippen molar-refractivity contribution in [3.8, 4) is 5.88 Å². The summed E-state index contributed by atoms with van der Waals surface area (Å²) in [7, 11) is 0. The summed E-state index contributed by atoms with van der Waals surface area (Å²) in [6.45, 7) is 0.300. The molecule has 1 aliphatic rings. The van der Waals surface area contributed by atoms with Crippen LogP contribution < -0.4 is 4.74 Å². The van der Waals surface area contributed by atoms with E-state index in [1.165, 1.54) is 18.3 Å². The molecule has 0 aliphatic carbocycles. The van der Waals surface area contributed by atoms with Gasteiger partial charge in [0.05, 0.1) is 23.5 Å². The molecule has 3 aromatic rings. The van der Waals surface area contributed by atoms with E-state index in [1.807, 2.05) is 30.3 Å². The predicted molar refractivity (Wildman–Crippen MR) is 95.2 cm³/mol. The Balaban J connectivity index is 1.40. The number of aromatic nitrogens is 2. The molecule has 0 bridgehead atoms. The van der Waals surface area contributed by atoms with E-state index in [4.69, 9.17) is 9.57 Å². The minimum atomic E-state index is -0.975. The van der Waals surface area contributed by atoms with Gasteiger partial charge in [0.25, 0.3) is 11.8 Å². The quantitative estimate of drug-likeness (QED) is 0.632. The van der Waals surface area contributed by atoms with Gasteiger partial charge in [-0.3, -0.25) is 9.59 Å². The minimum absolute atomic E-state index is 0.163. The number of imide groups is 1. The molecule has 2 amide bonds. The topological polar surface area (TPSA) is 98.7 Å². The van der Waals surface area contributed by atoms with Gasteiger partial charge in [-0.1, -0.05) is 47.5 Å². The molecule has 0 atom stereocenters. The van der Waals surface area contributed by atoms with Crippen molar-refractivity contribution in [1.29, 1.82) is 0 Å². The summed E-state index contributed by atoms with van der Waals surface area (Å²) in [5.41, 5.74) is 1.15. The molecule has 0 fully saturated rings. The van der Waals surface area contributed by atoms with E-state index >= 15 is 0 Å². The smallest absolute Gasteiger partial charge is 0.383 e. The minimum Gasteiger partial charge on any atom is -0.472 e. The van der Waals surface area contributed by atoms with E-state index in [0.717, 1.165) is 11.8 Å². The molecule has 2 aromatic carbocycles. The number of hydroxylamine groups is 2. The lowest BCUT2D eigenvalue weighted by atomic mass is 10.1. The Morgan fingerprint density at radius 3 is 2.11 bits per heavy atom. The van der Waals surface area contributed by atoms with Gasteiger partial charge < -0.3 is 9.57 Å². The van der Waals surface area contributed by atoms with Crippen molar-refractivity contribution in [1.82, 2.24) is 15.0 Å². The number of hydrogen-bond acceptors (Lipinski definition) is 7. The molecule has 0 saturated carbocycles. The van der Waals surface area contributed by atoms with Gasteiger partial charge in [-0.25, -0.2) is 14.8 Å². The Kier molecular flexibility index (Phi) is 4.51. The molecule has 0 saturated heterocycles. The predicted octanol–water partition coefficient (Wildman–Crippen LogP) is 2.42. The number of fused-ring (bicyclic) bond motifs is 1. The lowest BCUT2D eigenvalue weighted by molar-refractivity contribution is -0.0588. The van der Waals surface area contributed by atoms with E-state index in [-0.39, 0.29) is 22.7 Å². The molecule has 0 unspecified atom stereocenters. The summed E-state index contributed by atoms with van der Waals surface area (Å²) in [5.74, 6) is -2.16. The van der Waals surface area contributed by atoms with Gasteiger partial charge in [0.15, 0.2) is 5.69 Å². The Hall–Kier alpha value is -4.07. The molecular weight excluding hydrogens is 362 g/mol. The zero-order valence-corrected chi connectivity index (χ0v) is 14.4. The first-order valence-corrected chi connectivity index (χ1v) is 8.32. The first-order chi connectivity index (χ1) is 13.6. The van der Waals surface area contributed by atoms with E-state index in [0.29, 0.717) is 11.7 Å². The van der Waals surface area contributed by atoms with Crippen molar-refractivity contribution < 1.29 is 24.0 Å². The second-order valence-corrected chi connectivity index (χ2v) is 5.84. The molecular formula is C20H13N3O5. The Bertz CT molecular complexity index is 1020. The van der Waals surface area contributed by atoms with Crippen LogP contribution in [0, 0.1) is 0 Å². The maximum Gasteiger partial charge on any atom is 0.383 e. The van der Waals surface area contributed by atoms with Crippen LogP contribution in [0.1, 0.15) is 36.8 Å². The molecule has 28 heavy (non-hydrogen) atoms. The number of ether oxygens (including phenoxy) is 1. The lowest BCUT2D eigenvalue weighted by Crippen LogP contribution is -2.33. The molecule has 0 spiro atoms. The summed E-state index contributed by atoms with van der Waals surface area (Å²) >= 11 is 0. The maximum atomic E-state index is 12.2. The third-order valence-electron chi connectivity index (χ3n) is 4.00. The van der Waals surface area contributed by atoms with E-state index in [2.05, 4.69) is 9.97 Å². The molecule has 8 heteroatoms. The van der Waals surface area contributed by atoms with E-state index < -0.39 is 17.8 Å². The van der Waals surface area contributed by atoms with Crippen molar-refractivity contribution in [2.24, 2.45) is 0 Å². The fourth-order valence-electron chi connectivity index (χ4n) is 2.61. The fraction of sp³-hybridized carbons (Fsp3) is 0.0500. The number of nitrogens with zero attached hydrogens (tertiary/aromatic N) is 3. The normalized spacial score (nSPS) is 12.6. The van der Waals surface area contributed by atoms with Gasteiger partial charge in [0, 0.05) is 0 Å². The number of rotatable bonds is 5. The van der Waals surface area contributed by atoms with Crippen LogP contribution in [0.3, 0.4) is 0 Å². The highest BCUT2D eigenvalue weighted by molar-refractivity contribution is 6.21. The second-order valence-electron chi connectivity index (χ2n) is 5.84. The molecule has 4 rings (SSSR count). The van der Waals surface area contributed by atoms with Crippen LogP contribution in [-0.4, -0.2) is 32.8 Å². The van der Waals surface area contributed by atoms with Gasteiger partial charge in [0.2, 0.25) is 5.88 Å². The molecule has 0 radical (unpaired) electrons. The number of benzene rings is 2. The summed E-state index contributed by atoms with van der Waals surface area (Å²) in [6.07, 6.45) is 2.42. The number of hydrogen-bond donors (Lipinski definition) is 0. The summed E-state index contributed by atoms with van der Waals surface area (Å²) < 4.78 is 5.49. The van der Waals surface area contributed by atoms with Crippen LogP contribution in [0.25, 0.3) is 0 Å². The third-order valence-corrected chi connectivity index (χ3v) is 4.00. The van der Waals surface area contributed by atoms with E-state index in [9.17, 15) is 14.4 Å². The Labute approximate surface area is 159 Å². The summed E-state index contributed by atoms with van der Waals surface area (Å²) in [5, 5.41) is 0.425. The van der Waals surface area contributed by atoms with Crippen molar-refractivity contribution in [2.45, 2.75) is 6.61 Å². The van der Waals surface area contributed by atoms with Gasteiger partial charge in [0.1, 0.15) is 6.61 Å². The molecule has 1 aliphatic heterocycles. The maximum absolute atomic E-state index is 12.2. The van der Waals surface area contributed by atoms with Gasteiger partial charge in [-0.2, -0.15) is 0 Å². The standard InChI is InChI=1S/C20H13N3O5/c24-18-14-8-4-5-9-15(14)19(25)23(18)28-20(26)16-10-22-17(11-21-16)27-12-13-6-2-1-3-7-13/h1-11H,12H2. The average Bonchev–Trinajstić information content (AvgIpc) is 2.98. The largest absolute Gasteiger partial charge is 0.472 e. The summed E-state index contributed by atoms with van der Waals surface area (Å²) in [6, 6.07) is 15.7. The molecule has 8 nitrogen and oxygen atoms in total. The average molecular weight is 375 g/mol. The monoisotopic (exact) mass is 375 g/mol. The van der Waals surface area contributed by atoms with Crippen LogP contribution in [0.2, 0.25) is 0 Å². The molecule has 138 valence electrons. The highest BCUT2D eigenvalue weighted by Gasteiger charge is 2.39. The van der Waals surface area contributed by atoms with Crippen molar-refractivity contribution in [3.05, 3.63) is 89.4 Å². The molecule has 0 N–H and O–H groups in total. The first kappa shape index (κ1) is 17.3. The Morgan fingerprint density at radius 1 is 0.857 bits per heavy atom. The number of carbonyl (C=O) groups excluding carboxylic acids is 3. The fourth-order valence-corrected chi connectivity index (χ4v) is 2.61. The zero-order chi connectivity index (χ0) is 19.5. The molecule has 1 aromatic heterocycles. The van der Waals surface area contributed by atoms with Crippen LogP contribution in [0.5, 0.6) is 5.88 Å². The van der Waals surface area contributed by atoms with E-state index in [1.54, 1.807) is 12.1 Å². The summed E-state index contributed by atoms with van der Waals surface area (Å²) in [4.78, 5) is 49.5. The van der Waals surface area contributed by atoms with Crippen molar-refractivity contribution >= 4 is 17.8 Å². The SMILES string of the molecule is O=C(ON1C(=O)c2ccccc2C1=O)c1cnc(OCc2ccccc2)cn1. The third kappa shape index (κ3) is 3.30. The van der Waals surface area contributed by atoms with Crippen LogP contribution in [-0.2, 0) is 11.4 Å². The van der Waals surface area contributed by atoms with Gasteiger partial charge in [-0.15, -0.1) is 0 Å². The van der Waals surface area contributed by atoms with Gasteiger partial charge >= 0.3 is 5.97 Å². The lowest BCUT2D eigenvalue weighted by Gasteiger charge is -2.12. The zero-order valence-electron chi connectivity index (χ0n) is 14.4. The van der Waals surface area contributed by atoms with Crippen molar-refractivity contribution in [3.63, 3.8) is 0 Å². The Morgan fingerprint density at radius 2 is 1.50 bits per heavy atom. The molecule has 2 heterocycles. The first-order valence-electron chi connectivity index (χ1n) is 8.32. The van der Waals surface area contributed by atoms with Crippen LogP contribution >= 0.6 is 0 Å².